The van der Waals surface area contributed by atoms with Crippen molar-refractivity contribution in [3.05, 3.63) is 29.8 Å². The monoisotopic (exact) mass is 292 g/mol. The quantitative estimate of drug-likeness (QED) is 0.806. The fourth-order valence-electron chi connectivity index (χ4n) is 2.83. The molecule has 1 unspecified atom stereocenters. The van der Waals surface area contributed by atoms with Gasteiger partial charge in [-0.3, -0.25) is 4.90 Å². The molecule has 1 fully saturated rings. The lowest BCUT2D eigenvalue weighted by molar-refractivity contribution is 0.164. The Morgan fingerprint density at radius 2 is 2.05 bits per heavy atom. The number of hydrogen-bond donors (Lipinski definition) is 1. The van der Waals surface area contributed by atoms with Gasteiger partial charge in [0.25, 0.3) is 0 Å². The molecule has 2 nitrogen and oxygen atoms in total. The molecule has 1 aliphatic rings. The highest BCUT2D eigenvalue weighted by Crippen LogP contribution is 2.19. The van der Waals surface area contributed by atoms with Gasteiger partial charge in [-0.25, -0.2) is 0 Å². The standard InChI is InChI=1S/C17H28N2S/c1-14(2)19(13-16-5-4-10-18-11-16)12-15-6-8-17(20-3)9-7-15/h6-9,14,16,18H,4-5,10-13H2,1-3H3. The van der Waals surface area contributed by atoms with Crippen LogP contribution in [0.25, 0.3) is 0 Å². The van der Waals surface area contributed by atoms with Gasteiger partial charge in [-0.1, -0.05) is 12.1 Å². The molecule has 2 rings (SSSR count). The van der Waals surface area contributed by atoms with E-state index in [2.05, 4.69) is 54.6 Å². The highest BCUT2D eigenvalue weighted by molar-refractivity contribution is 7.98. The number of hydrogen-bond acceptors (Lipinski definition) is 3. The summed E-state index contributed by atoms with van der Waals surface area (Å²) in [6.45, 7) is 9.31. The van der Waals surface area contributed by atoms with Gasteiger partial charge >= 0.3 is 0 Å². The molecule has 0 spiro atoms. The second kappa shape index (κ2) is 8.06. The van der Waals surface area contributed by atoms with Crippen molar-refractivity contribution in [3.63, 3.8) is 0 Å². The van der Waals surface area contributed by atoms with E-state index in [-0.39, 0.29) is 0 Å². The van der Waals surface area contributed by atoms with E-state index in [0.717, 1.165) is 12.5 Å². The average molecular weight is 292 g/mol. The van der Waals surface area contributed by atoms with E-state index >= 15 is 0 Å². The lowest BCUT2D eigenvalue weighted by atomic mass is 9.98. The van der Waals surface area contributed by atoms with Gasteiger partial charge in [0.15, 0.2) is 0 Å². The Morgan fingerprint density at radius 1 is 1.30 bits per heavy atom. The minimum Gasteiger partial charge on any atom is -0.316 e. The van der Waals surface area contributed by atoms with Gasteiger partial charge in [-0.15, -0.1) is 11.8 Å². The average Bonchev–Trinajstić information content (AvgIpc) is 2.48. The van der Waals surface area contributed by atoms with Crippen LogP contribution in [0.2, 0.25) is 0 Å². The van der Waals surface area contributed by atoms with E-state index in [9.17, 15) is 0 Å². The molecular weight excluding hydrogens is 264 g/mol. The van der Waals surface area contributed by atoms with Crippen LogP contribution in [0, 0.1) is 5.92 Å². The maximum atomic E-state index is 3.53. The lowest BCUT2D eigenvalue weighted by Gasteiger charge is -2.32. The summed E-state index contributed by atoms with van der Waals surface area (Å²) in [7, 11) is 0. The van der Waals surface area contributed by atoms with Crippen molar-refractivity contribution in [1.82, 2.24) is 10.2 Å². The Hall–Kier alpha value is -0.510. The fraction of sp³-hybridized carbons (Fsp3) is 0.647. The zero-order valence-corrected chi connectivity index (χ0v) is 13.9. The van der Waals surface area contributed by atoms with Crippen LogP contribution < -0.4 is 5.32 Å². The summed E-state index contributed by atoms with van der Waals surface area (Å²) in [4.78, 5) is 3.97. The molecule has 1 aromatic rings. The van der Waals surface area contributed by atoms with E-state index in [0.29, 0.717) is 6.04 Å². The van der Waals surface area contributed by atoms with Gasteiger partial charge in [0.2, 0.25) is 0 Å². The summed E-state index contributed by atoms with van der Waals surface area (Å²) in [6.07, 6.45) is 4.84. The van der Waals surface area contributed by atoms with Crippen LogP contribution in [0.3, 0.4) is 0 Å². The molecular formula is C17H28N2S. The van der Waals surface area contributed by atoms with Gasteiger partial charge in [-0.05, 0) is 69.6 Å². The normalized spacial score (nSPS) is 19.8. The second-order valence-corrected chi connectivity index (χ2v) is 6.96. The Labute approximate surface area is 128 Å². The summed E-state index contributed by atoms with van der Waals surface area (Å²) in [6, 6.07) is 9.64. The molecule has 0 aromatic heterocycles. The molecule has 0 radical (unpaired) electrons. The molecule has 1 atom stereocenters. The SMILES string of the molecule is CSc1ccc(CN(CC2CCCNC2)C(C)C)cc1. The van der Waals surface area contributed by atoms with Crippen LogP contribution in [0.4, 0.5) is 0 Å². The lowest BCUT2D eigenvalue weighted by Crippen LogP contribution is -2.40. The molecule has 3 heteroatoms. The molecule has 20 heavy (non-hydrogen) atoms. The van der Waals surface area contributed by atoms with Gasteiger partial charge in [0.05, 0.1) is 0 Å². The van der Waals surface area contributed by atoms with Crippen LogP contribution in [-0.2, 0) is 6.54 Å². The van der Waals surface area contributed by atoms with Crippen molar-refractivity contribution in [2.24, 2.45) is 5.92 Å². The molecule has 112 valence electrons. The number of piperidine rings is 1. The van der Waals surface area contributed by atoms with Crippen LogP contribution in [0.1, 0.15) is 32.3 Å². The highest BCUT2D eigenvalue weighted by Gasteiger charge is 2.18. The first-order valence-electron chi connectivity index (χ1n) is 7.76. The smallest absolute Gasteiger partial charge is 0.0236 e. The van der Waals surface area contributed by atoms with Crippen molar-refractivity contribution in [2.75, 3.05) is 25.9 Å². The van der Waals surface area contributed by atoms with Crippen molar-refractivity contribution >= 4 is 11.8 Å². The summed E-state index contributed by atoms with van der Waals surface area (Å²) < 4.78 is 0. The van der Waals surface area contributed by atoms with Gasteiger partial charge in [-0.2, -0.15) is 0 Å². The molecule has 1 aromatic carbocycles. The number of benzene rings is 1. The summed E-state index contributed by atoms with van der Waals surface area (Å²) >= 11 is 1.81. The number of rotatable bonds is 6. The molecule has 1 aliphatic heterocycles. The summed E-state index contributed by atoms with van der Waals surface area (Å²) in [5, 5.41) is 3.53. The van der Waals surface area contributed by atoms with Crippen LogP contribution in [-0.4, -0.2) is 36.8 Å². The van der Waals surface area contributed by atoms with Crippen LogP contribution >= 0.6 is 11.8 Å². The molecule has 1 saturated heterocycles. The predicted molar refractivity (Wildman–Crippen MR) is 89.4 cm³/mol. The first kappa shape index (κ1) is 15.9. The number of nitrogens with one attached hydrogen (secondary N) is 1. The maximum Gasteiger partial charge on any atom is 0.0236 e. The Balaban J connectivity index is 1.93. The highest BCUT2D eigenvalue weighted by atomic mass is 32.2. The molecule has 0 amide bonds. The Kier molecular flexibility index (Phi) is 6.40. The number of thioether (sulfide) groups is 1. The van der Waals surface area contributed by atoms with Crippen molar-refractivity contribution in [3.8, 4) is 0 Å². The Morgan fingerprint density at radius 3 is 2.60 bits per heavy atom. The maximum absolute atomic E-state index is 3.53. The molecule has 1 N–H and O–H groups in total. The van der Waals surface area contributed by atoms with E-state index in [4.69, 9.17) is 0 Å². The van der Waals surface area contributed by atoms with Gasteiger partial charge in [0.1, 0.15) is 0 Å². The zero-order valence-electron chi connectivity index (χ0n) is 13.1. The van der Waals surface area contributed by atoms with E-state index < -0.39 is 0 Å². The predicted octanol–water partition coefficient (Wildman–Crippen LogP) is 3.62. The molecule has 1 heterocycles. The third-order valence-electron chi connectivity index (χ3n) is 4.17. The molecule has 0 bridgehead atoms. The minimum atomic E-state index is 0.608. The van der Waals surface area contributed by atoms with Crippen molar-refractivity contribution in [1.29, 1.82) is 0 Å². The van der Waals surface area contributed by atoms with Gasteiger partial charge in [0, 0.05) is 24.0 Å². The topological polar surface area (TPSA) is 15.3 Å². The minimum absolute atomic E-state index is 0.608. The van der Waals surface area contributed by atoms with E-state index in [1.165, 1.54) is 42.9 Å². The third-order valence-corrected chi connectivity index (χ3v) is 4.91. The third kappa shape index (κ3) is 4.80. The molecule has 0 aliphatic carbocycles. The summed E-state index contributed by atoms with van der Waals surface area (Å²) in [5.41, 5.74) is 1.43. The molecule has 0 saturated carbocycles. The van der Waals surface area contributed by atoms with E-state index in [1.54, 1.807) is 0 Å². The van der Waals surface area contributed by atoms with Crippen LogP contribution in [0.15, 0.2) is 29.2 Å². The Bertz CT molecular complexity index is 382. The largest absolute Gasteiger partial charge is 0.316 e. The van der Waals surface area contributed by atoms with Crippen molar-refractivity contribution < 1.29 is 0 Å². The van der Waals surface area contributed by atoms with E-state index in [1.807, 2.05) is 11.8 Å². The second-order valence-electron chi connectivity index (χ2n) is 6.08. The van der Waals surface area contributed by atoms with Crippen LogP contribution in [0.5, 0.6) is 0 Å². The summed E-state index contributed by atoms with van der Waals surface area (Å²) in [5.74, 6) is 0.816. The van der Waals surface area contributed by atoms with Gasteiger partial charge < -0.3 is 5.32 Å². The number of nitrogens with zero attached hydrogens (tertiary/aromatic N) is 1. The first-order chi connectivity index (χ1) is 9.69. The first-order valence-corrected chi connectivity index (χ1v) is 8.99. The zero-order chi connectivity index (χ0) is 14.4. The fourth-order valence-corrected chi connectivity index (χ4v) is 3.24. The van der Waals surface area contributed by atoms with Crippen molar-refractivity contribution in [2.45, 2.75) is 44.2 Å².